The second-order valence-corrected chi connectivity index (χ2v) is 3.62. The van der Waals surface area contributed by atoms with Gasteiger partial charge in [-0.05, 0) is 6.92 Å². The second kappa shape index (κ2) is 5.92. The van der Waals surface area contributed by atoms with Crippen molar-refractivity contribution in [2.24, 2.45) is 5.29 Å². The van der Waals surface area contributed by atoms with E-state index in [9.17, 15) is 14.8 Å². The van der Waals surface area contributed by atoms with E-state index in [2.05, 4.69) is 15.6 Å². The number of carbonyl (C=O) groups is 1. The number of aromatic hydroxyl groups is 1. The number of nitroso groups, excluding NO2 is 1. The topological polar surface area (TPSA) is 115 Å². The van der Waals surface area contributed by atoms with Gasteiger partial charge in [0.15, 0.2) is 0 Å². The molecule has 18 heavy (non-hydrogen) atoms. The number of amides is 2. The molecule has 0 unspecified atom stereocenters. The number of nitrogens with one attached hydrogen (secondary N) is 1. The zero-order valence-electron chi connectivity index (χ0n) is 10.0. The Morgan fingerprint density at radius 1 is 1.61 bits per heavy atom. The Morgan fingerprint density at radius 3 is 2.83 bits per heavy atom. The van der Waals surface area contributed by atoms with E-state index < -0.39 is 6.03 Å². The van der Waals surface area contributed by atoms with Gasteiger partial charge in [0.05, 0.1) is 17.6 Å². The van der Waals surface area contributed by atoms with E-state index in [0.29, 0.717) is 21.8 Å². The van der Waals surface area contributed by atoms with Crippen LogP contribution in [0.5, 0.6) is 5.75 Å². The minimum Gasteiger partial charge on any atom is -0.506 e. The van der Waals surface area contributed by atoms with Gasteiger partial charge in [-0.25, -0.2) is 4.79 Å². The summed E-state index contributed by atoms with van der Waals surface area (Å²) in [5.74, 6) is -0.0939. The highest BCUT2D eigenvalue weighted by molar-refractivity contribution is 5.73. The summed E-state index contributed by atoms with van der Waals surface area (Å²) in [6.07, 6.45) is 1.41. The van der Waals surface area contributed by atoms with Crippen LogP contribution in [0.1, 0.15) is 16.8 Å². The molecule has 8 nitrogen and oxygen atoms in total. The number of hydrogen-bond acceptors (Lipinski definition) is 6. The summed E-state index contributed by atoms with van der Waals surface area (Å²) >= 11 is 0. The van der Waals surface area contributed by atoms with Gasteiger partial charge in [-0.2, -0.15) is 5.01 Å². The molecule has 98 valence electrons. The fourth-order valence-corrected chi connectivity index (χ4v) is 1.33. The molecule has 0 bridgehead atoms. The maximum Gasteiger partial charge on any atom is 0.340 e. The van der Waals surface area contributed by atoms with Crippen LogP contribution in [0.25, 0.3) is 0 Å². The lowest BCUT2D eigenvalue weighted by Crippen LogP contribution is -2.33. The Bertz CT molecular complexity index is 463. The van der Waals surface area contributed by atoms with Crippen molar-refractivity contribution in [3.05, 3.63) is 27.9 Å². The van der Waals surface area contributed by atoms with Crippen LogP contribution in [0, 0.1) is 11.8 Å². The van der Waals surface area contributed by atoms with Crippen LogP contribution in [0.2, 0.25) is 0 Å². The molecule has 8 heteroatoms. The molecular formula is C10H14N4O4. The molecule has 0 saturated carbocycles. The van der Waals surface area contributed by atoms with Gasteiger partial charge in [0.25, 0.3) is 0 Å². The zero-order chi connectivity index (χ0) is 13.7. The molecule has 0 aromatic carbocycles. The Morgan fingerprint density at radius 2 is 2.28 bits per heavy atom. The number of aryl methyl sites for hydroxylation is 1. The summed E-state index contributed by atoms with van der Waals surface area (Å²) in [6, 6.07) is -0.706. The lowest BCUT2D eigenvalue weighted by Gasteiger charge is -2.13. The molecular weight excluding hydrogens is 240 g/mol. The van der Waals surface area contributed by atoms with Gasteiger partial charge in [0, 0.05) is 30.9 Å². The monoisotopic (exact) mass is 254 g/mol. The first kappa shape index (κ1) is 13.8. The zero-order valence-corrected chi connectivity index (χ0v) is 10.0. The second-order valence-electron chi connectivity index (χ2n) is 3.62. The highest BCUT2D eigenvalue weighted by atomic mass is 16.3. The molecule has 0 saturated heterocycles. The lowest BCUT2D eigenvalue weighted by atomic mass is 10.1. The largest absolute Gasteiger partial charge is 0.506 e. The molecule has 1 rings (SSSR count). The van der Waals surface area contributed by atoms with E-state index in [1.54, 1.807) is 6.92 Å². The third kappa shape index (κ3) is 2.92. The van der Waals surface area contributed by atoms with E-state index in [-0.39, 0.29) is 18.9 Å². The number of carbonyl (C=O) groups excluding carboxylic acids is 1. The summed E-state index contributed by atoms with van der Waals surface area (Å²) in [5, 5.41) is 24.3. The van der Waals surface area contributed by atoms with Crippen LogP contribution in [0.15, 0.2) is 11.5 Å². The number of hydrogen-bond donors (Lipinski definition) is 3. The average Bonchev–Trinajstić information content (AvgIpc) is 2.38. The normalized spacial score (nSPS) is 9.94. The summed E-state index contributed by atoms with van der Waals surface area (Å²) < 4.78 is 0. The number of aliphatic hydroxyl groups is 1. The van der Waals surface area contributed by atoms with Crippen molar-refractivity contribution in [1.29, 1.82) is 0 Å². The first-order valence-electron chi connectivity index (χ1n) is 5.13. The van der Waals surface area contributed by atoms with Crippen molar-refractivity contribution in [3.8, 4) is 5.75 Å². The van der Waals surface area contributed by atoms with Gasteiger partial charge in [-0.3, -0.25) is 4.98 Å². The molecule has 2 amide bonds. The van der Waals surface area contributed by atoms with Gasteiger partial charge in [0.2, 0.25) is 0 Å². The molecule has 1 aromatic heterocycles. The molecule has 0 aliphatic heterocycles. The van der Waals surface area contributed by atoms with Crippen LogP contribution >= 0.6 is 0 Å². The maximum absolute atomic E-state index is 11.3. The van der Waals surface area contributed by atoms with Crippen molar-refractivity contribution in [2.75, 3.05) is 7.05 Å². The predicted molar refractivity (Wildman–Crippen MR) is 62.4 cm³/mol. The Labute approximate surface area is 103 Å². The summed E-state index contributed by atoms with van der Waals surface area (Å²) in [6.45, 7) is 1.25. The number of nitrogens with zero attached hydrogens (tertiary/aromatic N) is 3. The fraction of sp³-hybridized carbons (Fsp3) is 0.400. The van der Waals surface area contributed by atoms with E-state index in [4.69, 9.17) is 5.11 Å². The van der Waals surface area contributed by atoms with Crippen LogP contribution < -0.4 is 5.32 Å². The third-order valence-electron chi connectivity index (χ3n) is 2.43. The SMILES string of the molecule is Cc1ncc(CO)c(CNC(=O)N(C)N=O)c1O. The third-order valence-corrected chi connectivity index (χ3v) is 2.43. The molecule has 1 heterocycles. The number of aromatic nitrogens is 1. The number of urea groups is 1. The highest BCUT2D eigenvalue weighted by Crippen LogP contribution is 2.23. The number of pyridine rings is 1. The first-order valence-corrected chi connectivity index (χ1v) is 5.13. The Kier molecular flexibility index (Phi) is 4.55. The molecule has 0 spiro atoms. The van der Waals surface area contributed by atoms with E-state index in [0.717, 1.165) is 0 Å². The molecule has 0 fully saturated rings. The maximum atomic E-state index is 11.3. The summed E-state index contributed by atoms with van der Waals surface area (Å²) in [4.78, 5) is 25.3. The molecule has 0 atom stereocenters. The minimum absolute atomic E-state index is 0.0379. The van der Waals surface area contributed by atoms with Gasteiger partial charge < -0.3 is 15.5 Å². The Hall–Kier alpha value is -2.22. The van der Waals surface area contributed by atoms with Crippen LogP contribution in [-0.4, -0.2) is 33.3 Å². The van der Waals surface area contributed by atoms with Gasteiger partial charge in [-0.15, -0.1) is 4.91 Å². The van der Waals surface area contributed by atoms with Crippen LogP contribution in [0.3, 0.4) is 0 Å². The number of rotatable bonds is 4. The van der Waals surface area contributed by atoms with Crippen molar-refractivity contribution in [3.63, 3.8) is 0 Å². The van der Waals surface area contributed by atoms with Gasteiger partial charge in [-0.1, -0.05) is 0 Å². The van der Waals surface area contributed by atoms with Gasteiger partial charge >= 0.3 is 6.03 Å². The fourth-order valence-electron chi connectivity index (χ4n) is 1.33. The van der Waals surface area contributed by atoms with E-state index in [1.165, 1.54) is 13.2 Å². The van der Waals surface area contributed by atoms with Crippen molar-refractivity contribution in [2.45, 2.75) is 20.1 Å². The van der Waals surface area contributed by atoms with Crippen molar-refractivity contribution >= 4 is 6.03 Å². The van der Waals surface area contributed by atoms with Crippen molar-refractivity contribution in [1.82, 2.24) is 15.3 Å². The average molecular weight is 254 g/mol. The summed E-state index contributed by atoms with van der Waals surface area (Å²) in [7, 11) is 1.20. The molecule has 0 aliphatic carbocycles. The highest BCUT2D eigenvalue weighted by Gasteiger charge is 2.14. The lowest BCUT2D eigenvalue weighted by molar-refractivity contribution is 0.209. The van der Waals surface area contributed by atoms with E-state index in [1.807, 2.05) is 0 Å². The molecule has 1 aromatic rings. The van der Waals surface area contributed by atoms with Crippen LogP contribution in [0.4, 0.5) is 4.79 Å². The van der Waals surface area contributed by atoms with Gasteiger partial charge in [0.1, 0.15) is 5.75 Å². The smallest absolute Gasteiger partial charge is 0.340 e. The van der Waals surface area contributed by atoms with Crippen LogP contribution in [-0.2, 0) is 13.2 Å². The standard InChI is InChI=1S/C10H14N4O4/c1-6-9(16)8(7(5-15)3-11-6)4-12-10(17)14(2)13-18/h3,15-16H,4-5H2,1-2H3,(H,12,17). The van der Waals surface area contributed by atoms with Crippen molar-refractivity contribution < 1.29 is 15.0 Å². The Balaban J connectivity index is 2.87. The minimum atomic E-state index is -0.706. The molecule has 3 N–H and O–H groups in total. The number of aliphatic hydroxyl groups excluding tert-OH is 1. The first-order chi connectivity index (χ1) is 8.51. The quantitative estimate of drug-likeness (QED) is 0.531. The molecule has 0 aliphatic rings. The summed E-state index contributed by atoms with van der Waals surface area (Å²) in [5.41, 5.74) is 1.15. The molecule has 0 radical (unpaired) electrons. The predicted octanol–water partition coefficient (Wildman–Crippen LogP) is 0.411. The van der Waals surface area contributed by atoms with E-state index >= 15 is 0 Å².